The van der Waals surface area contributed by atoms with E-state index in [0.717, 1.165) is 24.3 Å². The first-order valence-electron chi connectivity index (χ1n) is 8.10. The maximum absolute atomic E-state index is 12.0. The maximum atomic E-state index is 12.0. The highest BCUT2D eigenvalue weighted by molar-refractivity contribution is 5.95. The molecule has 6 nitrogen and oxygen atoms in total. The predicted octanol–water partition coefficient (Wildman–Crippen LogP) is 3.17. The van der Waals surface area contributed by atoms with Crippen molar-refractivity contribution >= 4 is 17.7 Å². The Kier molecular flexibility index (Phi) is 5.81. The smallest absolute Gasteiger partial charge is 0.352 e. The van der Waals surface area contributed by atoms with E-state index in [4.69, 9.17) is 9.47 Å². The van der Waals surface area contributed by atoms with Crippen LogP contribution in [0.5, 0.6) is 5.75 Å². The number of hydrogen-bond donors (Lipinski definition) is 0. The van der Waals surface area contributed by atoms with Gasteiger partial charge in [-0.1, -0.05) is 0 Å². The van der Waals surface area contributed by atoms with Gasteiger partial charge in [-0.05, 0) is 39.0 Å². The molecule has 0 unspecified atom stereocenters. The first-order valence-corrected chi connectivity index (χ1v) is 8.10. The van der Waals surface area contributed by atoms with E-state index in [1.807, 2.05) is 24.3 Å². The number of ether oxygens (including phenoxy) is 2. The van der Waals surface area contributed by atoms with E-state index < -0.39 is 5.97 Å². The lowest BCUT2D eigenvalue weighted by atomic mass is 10.0. The second-order valence-electron chi connectivity index (χ2n) is 5.20. The molecule has 128 valence electrons. The van der Waals surface area contributed by atoms with Crippen LogP contribution in [0.15, 0.2) is 35.1 Å². The molecule has 0 saturated carbocycles. The van der Waals surface area contributed by atoms with Gasteiger partial charge in [-0.15, -0.1) is 0 Å². The van der Waals surface area contributed by atoms with Gasteiger partial charge in [-0.2, -0.15) is 10.5 Å². The number of fused-ring (bicyclic) bond motifs is 1. The number of nitriles is 2. The summed E-state index contributed by atoms with van der Waals surface area (Å²) in [6, 6.07) is 9.41. The number of anilines is 1. The van der Waals surface area contributed by atoms with Gasteiger partial charge in [-0.3, -0.25) is 0 Å². The fourth-order valence-electron chi connectivity index (χ4n) is 2.56. The molecular formula is C19H19N3O3. The number of rotatable bonds is 5. The summed E-state index contributed by atoms with van der Waals surface area (Å²) < 4.78 is 10.7. The number of carbonyl (C=O) groups excluding carboxylic acids is 1. The molecule has 0 fully saturated rings. The van der Waals surface area contributed by atoms with Crippen LogP contribution in [-0.4, -0.2) is 25.7 Å². The van der Waals surface area contributed by atoms with Crippen LogP contribution in [0.2, 0.25) is 0 Å². The van der Waals surface area contributed by atoms with Gasteiger partial charge in [0, 0.05) is 30.4 Å². The molecule has 0 bridgehead atoms. The zero-order valence-electron chi connectivity index (χ0n) is 14.5. The van der Waals surface area contributed by atoms with Crippen LogP contribution in [0.1, 0.15) is 26.3 Å². The van der Waals surface area contributed by atoms with Crippen molar-refractivity contribution in [1.29, 1.82) is 10.5 Å². The van der Waals surface area contributed by atoms with Crippen LogP contribution in [0.25, 0.3) is 6.08 Å². The molecule has 0 spiro atoms. The summed E-state index contributed by atoms with van der Waals surface area (Å²) in [5, 5.41) is 18.7. The Labute approximate surface area is 147 Å². The minimum atomic E-state index is -0.801. The standard InChI is InChI=1S/C19H19N3O3/c1-4-22(5-2)15-8-7-13-9-14(11-20)18(25-17(13)10-15)16(12-21)19(23)24-6-3/h7-10H,4-6H2,1-3H3. The van der Waals surface area contributed by atoms with Gasteiger partial charge in [0.15, 0.2) is 11.3 Å². The third-order valence-corrected chi connectivity index (χ3v) is 3.82. The third kappa shape index (κ3) is 3.64. The first kappa shape index (κ1) is 18.1. The zero-order chi connectivity index (χ0) is 18.4. The van der Waals surface area contributed by atoms with Crippen molar-refractivity contribution in [3.05, 3.63) is 40.7 Å². The van der Waals surface area contributed by atoms with Crippen molar-refractivity contribution in [2.75, 3.05) is 24.6 Å². The van der Waals surface area contributed by atoms with Crippen LogP contribution in [0, 0.1) is 22.7 Å². The normalized spacial score (nSPS) is 14.2. The molecule has 0 radical (unpaired) electrons. The van der Waals surface area contributed by atoms with Crippen molar-refractivity contribution < 1.29 is 14.3 Å². The summed E-state index contributed by atoms with van der Waals surface area (Å²) in [4.78, 5) is 14.1. The van der Waals surface area contributed by atoms with E-state index in [1.54, 1.807) is 19.1 Å². The van der Waals surface area contributed by atoms with Crippen LogP contribution < -0.4 is 9.64 Å². The summed E-state index contributed by atoms with van der Waals surface area (Å²) in [5.41, 5.74) is 1.49. The van der Waals surface area contributed by atoms with Gasteiger partial charge in [0.25, 0.3) is 0 Å². The molecule has 0 amide bonds. The molecule has 2 rings (SSSR count). The summed E-state index contributed by atoms with van der Waals surface area (Å²) in [6.07, 6.45) is 1.61. The van der Waals surface area contributed by atoms with E-state index >= 15 is 0 Å². The van der Waals surface area contributed by atoms with Crippen molar-refractivity contribution in [1.82, 2.24) is 0 Å². The van der Waals surface area contributed by atoms with E-state index in [-0.39, 0.29) is 23.5 Å². The van der Waals surface area contributed by atoms with E-state index in [1.165, 1.54) is 0 Å². The van der Waals surface area contributed by atoms with Crippen LogP contribution in [-0.2, 0) is 9.53 Å². The largest absolute Gasteiger partial charge is 0.462 e. The second-order valence-corrected chi connectivity index (χ2v) is 5.20. The monoisotopic (exact) mass is 337 g/mol. The average molecular weight is 337 g/mol. The number of carbonyl (C=O) groups is 1. The Hall–Kier alpha value is -3.25. The molecule has 0 N–H and O–H groups in total. The minimum Gasteiger partial charge on any atom is -0.462 e. The molecule has 0 aliphatic carbocycles. The highest BCUT2D eigenvalue weighted by Crippen LogP contribution is 2.35. The second kappa shape index (κ2) is 8.03. The van der Waals surface area contributed by atoms with Crippen molar-refractivity contribution in [3.63, 3.8) is 0 Å². The average Bonchev–Trinajstić information content (AvgIpc) is 2.63. The fourth-order valence-corrected chi connectivity index (χ4v) is 2.56. The highest BCUT2D eigenvalue weighted by Gasteiger charge is 2.26. The predicted molar refractivity (Wildman–Crippen MR) is 93.5 cm³/mol. The number of nitrogens with zero attached hydrogens (tertiary/aromatic N) is 3. The van der Waals surface area contributed by atoms with Gasteiger partial charge in [-0.25, -0.2) is 4.79 Å². The molecule has 1 aromatic rings. The molecule has 25 heavy (non-hydrogen) atoms. The lowest BCUT2D eigenvalue weighted by Crippen LogP contribution is -2.22. The molecule has 0 atom stereocenters. The lowest BCUT2D eigenvalue weighted by molar-refractivity contribution is -0.138. The minimum absolute atomic E-state index is 0.0624. The maximum Gasteiger partial charge on any atom is 0.352 e. The Balaban J connectivity index is 2.55. The van der Waals surface area contributed by atoms with Gasteiger partial charge >= 0.3 is 5.97 Å². The molecule has 0 saturated heterocycles. The highest BCUT2D eigenvalue weighted by atomic mass is 16.5. The quantitative estimate of drug-likeness (QED) is 0.466. The number of allylic oxidation sites excluding steroid dienone is 1. The summed E-state index contributed by atoms with van der Waals surface area (Å²) >= 11 is 0. The van der Waals surface area contributed by atoms with Crippen LogP contribution >= 0.6 is 0 Å². The van der Waals surface area contributed by atoms with Gasteiger partial charge in [0.1, 0.15) is 17.9 Å². The topological polar surface area (TPSA) is 86.4 Å². The summed E-state index contributed by atoms with van der Waals surface area (Å²) in [6.45, 7) is 7.55. The Morgan fingerprint density at radius 2 is 1.96 bits per heavy atom. The van der Waals surface area contributed by atoms with E-state index in [0.29, 0.717) is 5.75 Å². The van der Waals surface area contributed by atoms with E-state index in [2.05, 4.69) is 18.7 Å². The van der Waals surface area contributed by atoms with Crippen LogP contribution in [0.4, 0.5) is 5.69 Å². The molecule has 1 aliphatic rings. The van der Waals surface area contributed by atoms with E-state index in [9.17, 15) is 15.3 Å². The Bertz CT molecular complexity index is 821. The van der Waals surface area contributed by atoms with Crippen molar-refractivity contribution in [2.45, 2.75) is 20.8 Å². The number of benzene rings is 1. The van der Waals surface area contributed by atoms with Gasteiger partial charge in [0.05, 0.1) is 12.2 Å². The fraction of sp³-hybridized carbons (Fsp3) is 0.316. The molecule has 1 aromatic carbocycles. The SMILES string of the molecule is CCOC(=O)C(C#N)=C1Oc2cc(N(CC)CC)ccc2C=C1C#N. The Morgan fingerprint density at radius 1 is 1.24 bits per heavy atom. The summed E-state index contributed by atoms with van der Waals surface area (Å²) in [7, 11) is 0. The van der Waals surface area contributed by atoms with Gasteiger partial charge < -0.3 is 14.4 Å². The zero-order valence-corrected chi connectivity index (χ0v) is 14.5. The molecule has 0 aromatic heterocycles. The Morgan fingerprint density at radius 3 is 2.52 bits per heavy atom. The third-order valence-electron chi connectivity index (χ3n) is 3.82. The number of esters is 1. The molecule has 6 heteroatoms. The number of hydrogen-bond acceptors (Lipinski definition) is 6. The molecular weight excluding hydrogens is 318 g/mol. The van der Waals surface area contributed by atoms with Crippen molar-refractivity contribution in [3.8, 4) is 17.9 Å². The molecule has 1 heterocycles. The van der Waals surface area contributed by atoms with Gasteiger partial charge in [0.2, 0.25) is 0 Å². The summed E-state index contributed by atoms with van der Waals surface area (Å²) in [5.74, 6) is -0.368. The van der Waals surface area contributed by atoms with Crippen LogP contribution in [0.3, 0.4) is 0 Å². The first-order chi connectivity index (χ1) is 12.1. The lowest BCUT2D eigenvalue weighted by Gasteiger charge is -2.24. The van der Waals surface area contributed by atoms with Crippen molar-refractivity contribution in [2.24, 2.45) is 0 Å². The molecule has 1 aliphatic heterocycles.